The van der Waals surface area contributed by atoms with E-state index in [2.05, 4.69) is 17.3 Å². The lowest BCUT2D eigenvalue weighted by Gasteiger charge is -2.08. The van der Waals surface area contributed by atoms with Crippen molar-refractivity contribution in [2.45, 2.75) is 19.5 Å². The minimum atomic E-state index is 0.366. The Bertz CT molecular complexity index is 231. The fourth-order valence-electron chi connectivity index (χ4n) is 0.939. The summed E-state index contributed by atoms with van der Waals surface area (Å²) in [5.74, 6) is 0. The molecule has 0 aliphatic rings. The summed E-state index contributed by atoms with van der Waals surface area (Å²) in [7, 11) is 1.91. The Labute approximate surface area is 72.8 Å². The van der Waals surface area contributed by atoms with E-state index < -0.39 is 0 Å². The molecule has 4 nitrogen and oxygen atoms in total. The van der Waals surface area contributed by atoms with E-state index in [1.54, 1.807) is 4.68 Å². The van der Waals surface area contributed by atoms with E-state index in [0.717, 1.165) is 6.54 Å². The zero-order chi connectivity index (χ0) is 8.97. The molecule has 1 atom stereocenters. The minimum Gasteiger partial charge on any atom is -0.329 e. The van der Waals surface area contributed by atoms with Gasteiger partial charge in [-0.2, -0.15) is 5.10 Å². The first-order valence-corrected chi connectivity index (χ1v) is 4.13. The Morgan fingerprint density at radius 2 is 2.50 bits per heavy atom. The molecule has 1 aromatic rings. The van der Waals surface area contributed by atoms with Gasteiger partial charge in [-0.3, -0.25) is 4.68 Å². The van der Waals surface area contributed by atoms with Crippen LogP contribution in [0.15, 0.2) is 12.4 Å². The Morgan fingerprint density at radius 1 is 1.75 bits per heavy atom. The van der Waals surface area contributed by atoms with Crippen molar-refractivity contribution >= 4 is 0 Å². The lowest BCUT2D eigenvalue weighted by molar-refractivity contribution is 0.556. The molecule has 0 bridgehead atoms. The van der Waals surface area contributed by atoms with Gasteiger partial charge in [0.1, 0.15) is 0 Å². The van der Waals surface area contributed by atoms with Crippen LogP contribution in [0.4, 0.5) is 0 Å². The number of aromatic nitrogens is 2. The summed E-state index contributed by atoms with van der Waals surface area (Å²) >= 11 is 0. The van der Waals surface area contributed by atoms with Crippen LogP contribution in [0, 0.1) is 0 Å². The number of nitrogens with one attached hydrogen (secondary N) is 1. The fraction of sp³-hybridized carbons (Fsp3) is 0.625. The highest BCUT2D eigenvalue weighted by Gasteiger charge is 1.99. The molecule has 0 amide bonds. The monoisotopic (exact) mass is 168 g/mol. The van der Waals surface area contributed by atoms with Crippen LogP contribution in [0.25, 0.3) is 0 Å². The largest absolute Gasteiger partial charge is 0.329 e. The van der Waals surface area contributed by atoms with Crippen LogP contribution in [0.1, 0.15) is 12.5 Å². The van der Waals surface area contributed by atoms with Crippen molar-refractivity contribution in [1.29, 1.82) is 0 Å². The van der Waals surface area contributed by atoms with E-state index in [9.17, 15) is 0 Å². The van der Waals surface area contributed by atoms with Gasteiger partial charge in [-0.1, -0.05) is 0 Å². The quantitative estimate of drug-likeness (QED) is 0.657. The van der Waals surface area contributed by atoms with Gasteiger partial charge in [-0.05, 0) is 6.92 Å². The third-order valence-electron chi connectivity index (χ3n) is 1.77. The van der Waals surface area contributed by atoms with Gasteiger partial charge in [0.15, 0.2) is 0 Å². The maximum Gasteiger partial charge on any atom is 0.0534 e. The first-order valence-electron chi connectivity index (χ1n) is 4.13. The van der Waals surface area contributed by atoms with E-state index in [1.807, 2.05) is 19.4 Å². The average molecular weight is 168 g/mol. The van der Waals surface area contributed by atoms with Gasteiger partial charge in [-0.15, -0.1) is 0 Å². The third kappa shape index (κ3) is 2.64. The molecule has 1 rings (SSSR count). The first-order chi connectivity index (χ1) is 5.72. The van der Waals surface area contributed by atoms with Crippen molar-refractivity contribution < 1.29 is 0 Å². The molecule has 0 aliphatic heterocycles. The number of rotatable bonds is 4. The summed E-state index contributed by atoms with van der Waals surface area (Å²) in [4.78, 5) is 0. The van der Waals surface area contributed by atoms with Crippen LogP contribution in [-0.2, 0) is 13.6 Å². The van der Waals surface area contributed by atoms with Gasteiger partial charge in [0.2, 0.25) is 0 Å². The summed E-state index contributed by atoms with van der Waals surface area (Å²) in [5.41, 5.74) is 6.65. The van der Waals surface area contributed by atoms with Crippen LogP contribution < -0.4 is 11.1 Å². The molecule has 0 aromatic carbocycles. The number of nitrogens with two attached hydrogens (primary N) is 1. The van der Waals surface area contributed by atoms with Crippen molar-refractivity contribution in [2.75, 3.05) is 6.54 Å². The Hall–Kier alpha value is -0.870. The van der Waals surface area contributed by atoms with Crippen molar-refractivity contribution in [3.8, 4) is 0 Å². The Balaban J connectivity index is 2.33. The van der Waals surface area contributed by atoms with E-state index in [4.69, 9.17) is 5.73 Å². The Kier molecular flexibility index (Phi) is 3.25. The molecule has 0 radical (unpaired) electrons. The molecule has 0 aliphatic carbocycles. The van der Waals surface area contributed by atoms with Gasteiger partial charge < -0.3 is 11.1 Å². The lowest BCUT2D eigenvalue weighted by atomic mass is 10.3. The molecule has 0 unspecified atom stereocenters. The summed E-state index contributed by atoms with van der Waals surface area (Å²) in [6.07, 6.45) is 3.85. The molecule has 0 saturated heterocycles. The summed E-state index contributed by atoms with van der Waals surface area (Å²) in [6, 6.07) is 0.366. The van der Waals surface area contributed by atoms with Gasteiger partial charge in [0.05, 0.1) is 6.20 Å². The SMILES string of the molecule is C[C@H](CN)NCc1cnn(C)c1. The van der Waals surface area contributed by atoms with Crippen LogP contribution in [-0.4, -0.2) is 22.4 Å². The molecule has 1 aromatic heterocycles. The zero-order valence-corrected chi connectivity index (χ0v) is 7.62. The maximum atomic E-state index is 5.46. The van der Waals surface area contributed by atoms with Crippen molar-refractivity contribution in [1.82, 2.24) is 15.1 Å². The molecule has 68 valence electrons. The van der Waals surface area contributed by atoms with Crippen LogP contribution in [0.3, 0.4) is 0 Å². The molecular formula is C8H16N4. The van der Waals surface area contributed by atoms with E-state index in [-0.39, 0.29) is 0 Å². The van der Waals surface area contributed by atoms with E-state index >= 15 is 0 Å². The topological polar surface area (TPSA) is 55.9 Å². The first kappa shape index (κ1) is 9.22. The summed E-state index contributed by atoms with van der Waals surface area (Å²) in [5, 5.41) is 7.35. The highest BCUT2D eigenvalue weighted by Crippen LogP contribution is 1.95. The smallest absolute Gasteiger partial charge is 0.0534 e. The number of hydrogen-bond acceptors (Lipinski definition) is 3. The Morgan fingerprint density at radius 3 is 3.00 bits per heavy atom. The van der Waals surface area contributed by atoms with Crippen LogP contribution in [0.2, 0.25) is 0 Å². The molecule has 0 fully saturated rings. The molecule has 1 heterocycles. The average Bonchev–Trinajstić information content (AvgIpc) is 2.47. The maximum absolute atomic E-state index is 5.46. The second-order valence-corrected chi connectivity index (χ2v) is 3.04. The fourth-order valence-corrected chi connectivity index (χ4v) is 0.939. The van der Waals surface area contributed by atoms with Gasteiger partial charge in [0.25, 0.3) is 0 Å². The molecular weight excluding hydrogens is 152 g/mol. The van der Waals surface area contributed by atoms with Gasteiger partial charge in [-0.25, -0.2) is 0 Å². The van der Waals surface area contributed by atoms with Gasteiger partial charge >= 0.3 is 0 Å². The predicted octanol–water partition coefficient (Wildman–Crippen LogP) is -0.143. The molecule has 0 saturated carbocycles. The van der Waals surface area contributed by atoms with Crippen LogP contribution >= 0.6 is 0 Å². The standard InChI is InChI=1S/C8H16N4/c1-7(3-9)10-4-8-5-11-12(2)6-8/h5-7,10H,3-4,9H2,1-2H3/t7-/m1/s1. The predicted molar refractivity (Wildman–Crippen MR) is 48.6 cm³/mol. The molecule has 12 heavy (non-hydrogen) atoms. The number of hydrogen-bond donors (Lipinski definition) is 2. The number of aryl methyl sites for hydroxylation is 1. The van der Waals surface area contributed by atoms with Crippen molar-refractivity contribution in [2.24, 2.45) is 12.8 Å². The minimum absolute atomic E-state index is 0.366. The molecule has 3 N–H and O–H groups in total. The van der Waals surface area contributed by atoms with Gasteiger partial charge in [0, 0.05) is 37.9 Å². The molecule has 4 heteroatoms. The summed E-state index contributed by atoms with van der Waals surface area (Å²) < 4.78 is 1.80. The second-order valence-electron chi connectivity index (χ2n) is 3.04. The normalized spacial score (nSPS) is 13.2. The van der Waals surface area contributed by atoms with E-state index in [0.29, 0.717) is 12.6 Å². The second kappa shape index (κ2) is 4.23. The number of nitrogens with zero attached hydrogens (tertiary/aromatic N) is 2. The summed E-state index contributed by atoms with van der Waals surface area (Å²) in [6.45, 7) is 3.57. The highest BCUT2D eigenvalue weighted by molar-refractivity contribution is 5.02. The van der Waals surface area contributed by atoms with Crippen LogP contribution in [0.5, 0.6) is 0 Å². The van der Waals surface area contributed by atoms with Crippen molar-refractivity contribution in [3.63, 3.8) is 0 Å². The zero-order valence-electron chi connectivity index (χ0n) is 7.62. The third-order valence-corrected chi connectivity index (χ3v) is 1.77. The lowest BCUT2D eigenvalue weighted by Crippen LogP contribution is -2.32. The highest BCUT2D eigenvalue weighted by atomic mass is 15.2. The van der Waals surface area contributed by atoms with Crippen molar-refractivity contribution in [3.05, 3.63) is 18.0 Å². The molecule has 0 spiro atoms. The van der Waals surface area contributed by atoms with E-state index in [1.165, 1.54) is 5.56 Å².